The number of carbonyl (C=O) groups is 2. The van der Waals surface area contributed by atoms with Crippen molar-refractivity contribution in [3.05, 3.63) is 23.8 Å². The highest BCUT2D eigenvalue weighted by atomic mass is 16.5. The average molecular weight is 387 g/mol. The Hall–Kier alpha value is -2.28. The molecule has 3 aliphatic rings. The maximum atomic E-state index is 13.4. The first-order valence-corrected chi connectivity index (χ1v) is 9.98. The number of rotatable bonds is 4. The zero-order valence-electron chi connectivity index (χ0n) is 16.9. The van der Waals surface area contributed by atoms with E-state index in [2.05, 4.69) is 11.9 Å². The minimum Gasteiger partial charge on any atom is -0.493 e. The summed E-state index contributed by atoms with van der Waals surface area (Å²) in [4.78, 5) is 32.9. The number of hydrogen-bond donors (Lipinski definition) is 0. The van der Waals surface area contributed by atoms with Crippen molar-refractivity contribution in [2.24, 2.45) is 11.3 Å². The number of likely N-dealkylation sites (tertiary alicyclic amines) is 3. The van der Waals surface area contributed by atoms with Crippen LogP contribution in [0.15, 0.2) is 18.2 Å². The molecule has 3 saturated heterocycles. The molecule has 2 atom stereocenters. The van der Waals surface area contributed by atoms with E-state index >= 15 is 0 Å². The molecular formula is C21H29N3O4. The van der Waals surface area contributed by atoms with Crippen molar-refractivity contribution in [2.75, 3.05) is 60.5 Å². The van der Waals surface area contributed by atoms with Crippen molar-refractivity contribution in [2.45, 2.75) is 12.8 Å². The number of amides is 2. The number of para-hydroxylation sites is 1. The van der Waals surface area contributed by atoms with Gasteiger partial charge >= 0.3 is 0 Å². The highest BCUT2D eigenvalue weighted by Gasteiger charge is 2.58. The van der Waals surface area contributed by atoms with Gasteiger partial charge in [0, 0.05) is 45.2 Å². The third-order valence-corrected chi connectivity index (χ3v) is 6.52. The molecule has 1 aromatic carbocycles. The molecule has 0 bridgehead atoms. The molecule has 0 aliphatic carbocycles. The highest BCUT2D eigenvalue weighted by Crippen LogP contribution is 2.45. The Balaban J connectivity index is 1.61. The van der Waals surface area contributed by atoms with Gasteiger partial charge in [-0.25, -0.2) is 0 Å². The normalized spacial score (nSPS) is 27.2. The summed E-state index contributed by atoms with van der Waals surface area (Å²) in [6, 6.07) is 5.34. The highest BCUT2D eigenvalue weighted by molar-refractivity contribution is 5.99. The fraction of sp³-hybridized carbons (Fsp3) is 0.619. The Morgan fingerprint density at radius 3 is 2.46 bits per heavy atom. The van der Waals surface area contributed by atoms with Crippen LogP contribution in [0.4, 0.5) is 0 Å². The van der Waals surface area contributed by atoms with Crippen molar-refractivity contribution in [3.8, 4) is 11.5 Å². The van der Waals surface area contributed by atoms with Crippen LogP contribution in [-0.2, 0) is 4.79 Å². The van der Waals surface area contributed by atoms with E-state index in [4.69, 9.17) is 9.47 Å². The van der Waals surface area contributed by atoms with Crippen LogP contribution in [0.1, 0.15) is 23.2 Å². The number of methoxy groups -OCH3 is 2. The molecule has 0 unspecified atom stereocenters. The number of ether oxygens (including phenoxy) is 2. The first kappa shape index (κ1) is 19.1. The van der Waals surface area contributed by atoms with Gasteiger partial charge < -0.3 is 24.2 Å². The van der Waals surface area contributed by atoms with E-state index in [-0.39, 0.29) is 17.7 Å². The average Bonchev–Trinajstić information content (AvgIpc) is 3.41. The van der Waals surface area contributed by atoms with Crippen molar-refractivity contribution in [1.29, 1.82) is 0 Å². The third kappa shape index (κ3) is 2.92. The number of benzene rings is 1. The van der Waals surface area contributed by atoms with Crippen LogP contribution in [0.2, 0.25) is 0 Å². The second-order valence-electron chi connectivity index (χ2n) is 8.28. The second-order valence-corrected chi connectivity index (χ2v) is 8.28. The molecule has 1 aromatic rings. The van der Waals surface area contributed by atoms with Gasteiger partial charge in [-0.1, -0.05) is 6.07 Å². The summed E-state index contributed by atoms with van der Waals surface area (Å²) in [5, 5.41) is 0. The lowest BCUT2D eigenvalue weighted by molar-refractivity contribution is -0.141. The number of carbonyl (C=O) groups excluding carboxylic acids is 2. The Morgan fingerprint density at radius 2 is 1.79 bits per heavy atom. The first-order valence-electron chi connectivity index (χ1n) is 9.98. The van der Waals surface area contributed by atoms with Crippen LogP contribution in [0.25, 0.3) is 0 Å². The van der Waals surface area contributed by atoms with E-state index in [0.29, 0.717) is 36.7 Å². The zero-order valence-corrected chi connectivity index (χ0v) is 16.9. The molecular weight excluding hydrogens is 358 g/mol. The molecule has 0 radical (unpaired) electrons. The smallest absolute Gasteiger partial charge is 0.257 e. The minimum absolute atomic E-state index is 0.0959. The van der Waals surface area contributed by atoms with Crippen molar-refractivity contribution < 1.29 is 19.1 Å². The predicted octanol–water partition coefficient (Wildman–Crippen LogP) is 1.33. The summed E-state index contributed by atoms with van der Waals surface area (Å²) < 4.78 is 10.8. The second kappa shape index (κ2) is 7.28. The lowest BCUT2D eigenvalue weighted by Crippen LogP contribution is -2.49. The fourth-order valence-electron chi connectivity index (χ4n) is 5.23. The van der Waals surface area contributed by atoms with Gasteiger partial charge in [0.05, 0.1) is 25.2 Å². The Morgan fingerprint density at radius 1 is 1.04 bits per heavy atom. The Kier molecular flexibility index (Phi) is 4.95. The van der Waals surface area contributed by atoms with Crippen molar-refractivity contribution in [1.82, 2.24) is 14.7 Å². The van der Waals surface area contributed by atoms with E-state index in [9.17, 15) is 9.59 Å². The predicted molar refractivity (Wildman–Crippen MR) is 105 cm³/mol. The van der Waals surface area contributed by atoms with Gasteiger partial charge in [-0.2, -0.15) is 0 Å². The van der Waals surface area contributed by atoms with Gasteiger partial charge in [-0.3, -0.25) is 9.59 Å². The van der Waals surface area contributed by atoms with Crippen molar-refractivity contribution in [3.63, 3.8) is 0 Å². The van der Waals surface area contributed by atoms with E-state index < -0.39 is 5.41 Å². The van der Waals surface area contributed by atoms with Gasteiger partial charge in [0.2, 0.25) is 5.91 Å². The van der Waals surface area contributed by atoms with Crippen LogP contribution in [-0.4, -0.2) is 87.0 Å². The summed E-state index contributed by atoms with van der Waals surface area (Å²) in [7, 11) is 5.17. The molecule has 7 nitrogen and oxygen atoms in total. The maximum absolute atomic E-state index is 13.4. The maximum Gasteiger partial charge on any atom is 0.257 e. The van der Waals surface area contributed by atoms with Crippen LogP contribution in [0.5, 0.6) is 11.5 Å². The fourth-order valence-corrected chi connectivity index (χ4v) is 5.23. The summed E-state index contributed by atoms with van der Waals surface area (Å²) in [6.07, 6.45) is 2.15. The number of fused-ring (bicyclic) bond motifs is 1. The van der Waals surface area contributed by atoms with E-state index in [0.717, 1.165) is 32.5 Å². The van der Waals surface area contributed by atoms with Crippen molar-refractivity contribution >= 4 is 11.8 Å². The van der Waals surface area contributed by atoms with Crippen LogP contribution in [0.3, 0.4) is 0 Å². The summed E-state index contributed by atoms with van der Waals surface area (Å²) in [6.45, 7) is 4.31. The molecule has 4 rings (SSSR count). The van der Waals surface area contributed by atoms with Gasteiger partial charge in [0.25, 0.3) is 5.91 Å². The van der Waals surface area contributed by atoms with E-state index in [1.807, 2.05) is 9.80 Å². The standard InChI is InChI=1S/C21H29N3O4/c1-22-11-15-12-24(14-21(15,13-22)20(26)23-9-4-5-10-23)19(25)16-7-6-8-17(27-2)18(16)28-3/h6-8,15H,4-5,9-14H2,1-3H3/t15-,21-/m0/s1. The lowest BCUT2D eigenvalue weighted by atomic mass is 9.79. The van der Waals surface area contributed by atoms with Gasteiger partial charge in [-0.15, -0.1) is 0 Å². The summed E-state index contributed by atoms with van der Waals surface area (Å²) in [5.74, 6) is 1.29. The lowest BCUT2D eigenvalue weighted by Gasteiger charge is -2.32. The largest absolute Gasteiger partial charge is 0.493 e. The van der Waals surface area contributed by atoms with Crippen LogP contribution in [0, 0.1) is 11.3 Å². The molecule has 0 spiro atoms. The van der Waals surface area contributed by atoms with E-state index in [1.54, 1.807) is 32.4 Å². The molecule has 28 heavy (non-hydrogen) atoms. The third-order valence-electron chi connectivity index (χ3n) is 6.52. The molecule has 3 heterocycles. The monoisotopic (exact) mass is 387 g/mol. The SMILES string of the molecule is COc1cccc(C(=O)N2C[C@@H]3CN(C)C[C@]3(C(=O)N3CCCC3)C2)c1OC. The van der Waals surface area contributed by atoms with Gasteiger partial charge in [0.1, 0.15) is 0 Å². The topological polar surface area (TPSA) is 62.3 Å². The van der Waals surface area contributed by atoms with E-state index in [1.165, 1.54) is 0 Å². The zero-order chi connectivity index (χ0) is 19.9. The molecule has 3 aliphatic heterocycles. The van der Waals surface area contributed by atoms with Gasteiger partial charge in [0.15, 0.2) is 11.5 Å². The molecule has 152 valence electrons. The van der Waals surface area contributed by atoms with Gasteiger partial charge in [-0.05, 0) is 32.0 Å². The van der Waals surface area contributed by atoms with Crippen LogP contribution < -0.4 is 9.47 Å². The summed E-state index contributed by atoms with van der Waals surface area (Å²) in [5.41, 5.74) is -0.000128. The minimum atomic E-state index is -0.485. The molecule has 0 N–H and O–H groups in total. The van der Waals surface area contributed by atoms with Crippen LogP contribution >= 0.6 is 0 Å². The molecule has 0 aromatic heterocycles. The Bertz CT molecular complexity index is 777. The molecule has 3 fully saturated rings. The molecule has 7 heteroatoms. The quantitative estimate of drug-likeness (QED) is 0.780. The molecule has 0 saturated carbocycles. The summed E-state index contributed by atoms with van der Waals surface area (Å²) >= 11 is 0. The number of nitrogens with zero attached hydrogens (tertiary/aromatic N) is 3. The first-order chi connectivity index (χ1) is 13.5. The molecule has 2 amide bonds. The number of hydrogen-bond acceptors (Lipinski definition) is 5. The Labute approximate surface area is 166 Å².